The van der Waals surface area contributed by atoms with Crippen molar-refractivity contribution in [1.82, 2.24) is 5.32 Å². The van der Waals surface area contributed by atoms with Gasteiger partial charge < -0.3 is 10.1 Å². The second-order valence-corrected chi connectivity index (χ2v) is 3.94. The summed E-state index contributed by atoms with van der Waals surface area (Å²) in [7, 11) is 0. The van der Waals surface area contributed by atoms with E-state index in [0.29, 0.717) is 6.04 Å². The highest BCUT2D eigenvalue weighted by molar-refractivity contribution is 5.85. The van der Waals surface area contributed by atoms with Gasteiger partial charge in [0.1, 0.15) is 0 Å². The van der Waals surface area contributed by atoms with Crippen LogP contribution in [0.25, 0.3) is 0 Å². The number of hydrogen-bond acceptors (Lipinski definition) is 2. The fraction of sp³-hybridized carbons (Fsp3) is 0.538. The summed E-state index contributed by atoms with van der Waals surface area (Å²) in [6.07, 6.45) is 2.44. The van der Waals surface area contributed by atoms with Crippen molar-refractivity contribution in [2.75, 3.05) is 19.8 Å². The van der Waals surface area contributed by atoms with Gasteiger partial charge in [-0.2, -0.15) is 0 Å². The fourth-order valence-corrected chi connectivity index (χ4v) is 2.22. The van der Waals surface area contributed by atoms with Crippen molar-refractivity contribution in [3.05, 3.63) is 35.4 Å². The summed E-state index contributed by atoms with van der Waals surface area (Å²) < 4.78 is 5.32. The van der Waals surface area contributed by atoms with Crippen molar-refractivity contribution in [3.63, 3.8) is 0 Å². The van der Waals surface area contributed by atoms with E-state index in [2.05, 4.69) is 29.6 Å². The van der Waals surface area contributed by atoms with Gasteiger partial charge in [0.2, 0.25) is 0 Å². The van der Waals surface area contributed by atoms with Gasteiger partial charge >= 0.3 is 0 Å². The van der Waals surface area contributed by atoms with Gasteiger partial charge in [0.05, 0.1) is 6.61 Å². The van der Waals surface area contributed by atoms with Crippen LogP contribution < -0.4 is 5.32 Å². The molecule has 1 atom stereocenters. The lowest BCUT2D eigenvalue weighted by atomic mass is 10.1. The Morgan fingerprint density at radius 3 is 3.00 bits per heavy atom. The quantitative estimate of drug-likeness (QED) is 0.801. The highest BCUT2D eigenvalue weighted by atomic mass is 35.5. The lowest BCUT2D eigenvalue weighted by Gasteiger charge is -2.13. The van der Waals surface area contributed by atoms with E-state index in [0.717, 1.165) is 19.8 Å². The standard InChI is InChI=1S/C13H19NO.ClH/c1-2-15-10-9-14-13-8-7-11-5-3-4-6-12(11)13;/h3-6,13-14H,2,7-10H2,1H3;1H. The zero-order chi connectivity index (χ0) is 10.5. The molecule has 3 heteroatoms. The molecule has 1 aromatic carbocycles. The fourth-order valence-electron chi connectivity index (χ4n) is 2.22. The van der Waals surface area contributed by atoms with Gasteiger partial charge in [-0.3, -0.25) is 0 Å². The molecule has 1 unspecified atom stereocenters. The maximum atomic E-state index is 5.32. The van der Waals surface area contributed by atoms with Gasteiger partial charge in [-0.05, 0) is 30.9 Å². The predicted molar refractivity (Wildman–Crippen MR) is 69.2 cm³/mol. The molecule has 0 bridgehead atoms. The molecule has 16 heavy (non-hydrogen) atoms. The number of hydrogen-bond donors (Lipinski definition) is 1. The van der Waals surface area contributed by atoms with Crippen LogP contribution in [0.3, 0.4) is 0 Å². The molecule has 0 aliphatic heterocycles. The molecule has 1 aromatic rings. The van der Waals surface area contributed by atoms with Crippen LogP contribution in [-0.2, 0) is 11.2 Å². The SMILES string of the molecule is CCOCCNC1CCc2ccccc21.Cl. The summed E-state index contributed by atoms with van der Waals surface area (Å²) in [5.41, 5.74) is 2.99. The second-order valence-electron chi connectivity index (χ2n) is 3.94. The predicted octanol–water partition coefficient (Wildman–Crippen LogP) is 2.72. The number of ether oxygens (including phenoxy) is 1. The van der Waals surface area contributed by atoms with Crippen molar-refractivity contribution < 1.29 is 4.74 Å². The molecule has 1 N–H and O–H groups in total. The number of aryl methyl sites for hydroxylation is 1. The van der Waals surface area contributed by atoms with Crippen LogP contribution in [0.2, 0.25) is 0 Å². The Kier molecular flexibility index (Phi) is 5.81. The van der Waals surface area contributed by atoms with E-state index in [-0.39, 0.29) is 12.4 Å². The topological polar surface area (TPSA) is 21.3 Å². The molecule has 0 fully saturated rings. The molecule has 0 spiro atoms. The number of benzene rings is 1. The average Bonchev–Trinajstić information content (AvgIpc) is 2.68. The van der Waals surface area contributed by atoms with Crippen molar-refractivity contribution in [2.24, 2.45) is 0 Å². The van der Waals surface area contributed by atoms with Gasteiger partial charge in [0.25, 0.3) is 0 Å². The summed E-state index contributed by atoms with van der Waals surface area (Å²) in [4.78, 5) is 0. The summed E-state index contributed by atoms with van der Waals surface area (Å²) in [5.74, 6) is 0. The Bertz CT molecular complexity index is 317. The van der Waals surface area contributed by atoms with E-state index in [1.54, 1.807) is 0 Å². The van der Waals surface area contributed by atoms with Gasteiger partial charge in [-0.15, -0.1) is 12.4 Å². The maximum Gasteiger partial charge on any atom is 0.0590 e. The highest BCUT2D eigenvalue weighted by Gasteiger charge is 2.20. The van der Waals surface area contributed by atoms with E-state index in [1.165, 1.54) is 24.0 Å². The average molecular weight is 242 g/mol. The molecule has 0 saturated carbocycles. The highest BCUT2D eigenvalue weighted by Crippen LogP contribution is 2.30. The minimum absolute atomic E-state index is 0. The molecular formula is C13H20ClNO. The van der Waals surface area contributed by atoms with E-state index < -0.39 is 0 Å². The van der Waals surface area contributed by atoms with E-state index in [1.807, 2.05) is 6.92 Å². The summed E-state index contributed by atoms with van der Waals surface area (Å²) in [6.45, 7) is 4.61. The second kappa shape index (κ2) is 6.89. The molecule has 1 aliphatic rings. The zero-order valence-electron chi connectivity index (χ0n) is 9.74. The smallest absolute Gasteiger partial charge is 0.0590 e. The zero-order valence-corrected chi connectivity index (χ0v) is 10.6. The van der Waals surface area contributed by atoms with Gasteiger partial charge in [-0.1, -0.05) is 24.3 Å². The molecule has 0 heterocycles. The van der Waals surface area contributed by atoms with Crippen molar-refractivity contribution in [1.29, 1.82) is 0 Å². The maximum absolute atomic E-state index is 5.32. The first kappa shape index (κ1) is 13.5. The van der Waals surface area contributed by atoms with Crippen LogP contribution in [-0.4, -0.2) is 19.8 Å². The van der Waals surface area contributed by atoms with Crippen LogP contribution in [0.15, 0.2) is 24.3 Å². The van der Waals surface area contributed by atoms with Crippen molar-refractivity contribution in [3.8, 4) is 0 Å². The number of rotatable bonds is 5. The third kappa shape index (κ3) is 3.21. The molecule has 90 valence electrons. The van der Waals surface area contributed by atoms with Gasteiger partial charge in [0, 0.05) is 19.2 Å². The third-order valence-corrected chi connectivity index (χ3v) is 2.97. The van der Waals surface area contributed by atoms with Gasteiger partial charge in [0.15, 0.2) is 0 Å². The van der Waals surface area contributed by atoms with Crippen LogP contribution in [0.1, 0.15) is 30.5 Å². The van der Waals surface area contributed by atoms with E-state index >= 15 is 0 Å². The summed E-state index contributed by atoms with van der Waals surface area (Å²) >= 11 is 0. The van der Waals surface area contributed by atoms with Crippen LogP contribution >= 0.6 is 12.4 Å². The van der Waals surface area contributed by atoms with Crippen LogP contribution in [0.5, 0.6) is 0 Å². The lowest BCUT2D eigenvalue weighted by Crippen LogP contribution is -2.23. The molecule has 1 aliphatic carbocycles. The summed E-state index contributed by atoms with van der Waals surface area (Å²) in [6, 6.07) is 9.27. The third-order valence-electron chi connectivity index (χ3n) is 2.97. The molecule has 2 nitrogen and oxygen atoms in total. The monoisotopic (exact) mass is 241 g/mol. The first-order chi connectivity index (χ1) is 7.42. The minimum Gasteiger partial charge on any atom is -0.380 e. The van der Waals surface area contributed by atoms with E-state index in [4.69, 9.17) is 4.74 Å². The molecule has 0 radical (unpaired) electrons. The Morgan fingerprint density at radius 1 is 1.38 bits per heavy atom. The number of nitrogens with one attached hydrogen (secondary N) is 1. The first-order valence-corrected chi connectivity index (χ1v) is 5.80. The number of fused-ring (bicyclic) bond motifs is 1. The number of halogens is 1. The Labute approximate surface area is 104 Å². The first-order valence-electron chi connectivity index (χ1n) is 5.80. The van der Waals surface area contributed by atoms with Crippen LogP contribution in [0, 0.1) is 0 Å². The molecule has 2 rings (SSSR count). The Hall–Kier alpha value is -0.570. The van der Waals surface area contributed by atoms with Gasteiger partial charge in [-0.25, -0.2) is 0 Å². The normalized spacial score (nSPS) is 17.9. The van der Waals surface area contributed by atoms with Crippen molar-refractivity contribution >= 4 is 12.4 Å². The Balaban J connectivity index is 0.00000128. The Morgan fingerprint density at radius 2 is 2.19 bits per heavy atom. The lowest BCUT2D eigenvalue weighted by molar-refractivity contribution is 0.147. The molecule has 0 aromatic heterocycles. The van der Waals surface area contributed by atoms with Crippen LogP contribution in [0.4, 0.5) is 0 Å². The summed E-state index contributed by atoms with van der Waals surface area (Å²) in [5, 5.41) is 3.55. The van der Waals surface area contributed by atoms with Crippen molar-refractivity contribution in [2.45, 2.75) is 25.8 Å². The minimum atomic E-state index is 0. The van der Waals surface area contributed by atoms with E-state index in [9.17, 15) is 0 Å². The molecule has 0 saturated heterocycles. The molecule has 0 amide bonds. The molecular weight excluding hydrogens is 222 g/mol. The largest absolute Gasteiger partial charge is 0.380 e.